The Morgan fingerprint density at radius 2 is 1.65 bits per heavy atom. The molecule has 0 radical (unpaired) electrons. The summed E-state index contributed by atoms with van der Waals surface area (Å²) >= 11 is 0. The summed E-state index contributed by atoms with van der Waals surface area (Å²) in [6.07, 6.45) is 1.03. The molecule has 2 rings (SSSR count). The average molecular weight is 401 g/mol. The van der Waals surface area contributed by atoms with Gasteiger partial charge in [0, 0.05) is 12.2 Å². The molecule has 0 saturated heterocycles. The summed E-state index contributed by atoms with van der Waals surface area (Å²) in [6, 6.07) is 5.63. The van der Waals surface area contributed by atoms with E-state index in [0.717, 1.165) is 12.8 Å². The molecule has 8 nitrogen and oxygen atoms in total. The van der Waals surface area contributed by atoms with E-state index in [4.69, 9.17) is 0 Å². The predicted octanol–water partition coefficient (Wildman–Crippen LogP) is 1.27. The van der Waals surface area contributed by atoms with Gasteiger partial charge in [0.15, 0.2) is 0 Å². The minimum Gasteiger partial charge on any atom is -0.308 e. The molecular weight excluding hydrogens is 376 g/mol. The highest BCUT2D eigenvalue weighted by molar-refractivity contribution is 7.92. The van der Waals surface area contributed by atoms with Crippen LogP contribution in [0, 0.1) is 13.8 Å². The van der Waals surface area contributed by atoms with Crippen LogP contribution in [0.4, 0.5) is 5.69 Å². The van der Waals surface area contributed by atoms with E-state index in [-0.39, 0.29) is 9.79 Å². The van der Waals surface area contributed by atoms with Gasteiger partial charge in [-0.2, -0.15) is 5.10 Å². The van der Waals surface area contributed by atoms with Crippen molar-refractivity contribution >= 4 is 25.5 Å². The molecule has 0 saturated carbocycles. The van der Waals surface area contributed by atoms with Crippen molar-refractivity contribution in [2.45, 2.75) is 30.2 Å². The smallest absolute Gasteiger partial charge is 0.229 e. The first-order valence-electron chi connectivity index (χ1n) is 7.93. The van der Waals surface area contributed by atoms with Crippen LogP contribution in [-0.2, 0) is 26.4 Å². The monoisotopic (exact) mass is 400 g/mol. The molecule has 0 atom stereocenters. The Labute approximate surface area is 154 Å². The molecule has 0 unspecified atom stereocenters. The van der Waals surface area contributed by atoms with Crippen LogP contribution < -0.4 is 4.72 Å². The van der Waals surface area contributed by atoms with Crippen LogP contribution in [0.5, 0.6) is 0 Å². The van der Waals surface area contributed by atoms with Gasteiger partial charge in [0.1, 0.15) is 4.90 Å². The molecule has 2 aromatic rings. The van der Waals surface area contributed by atoms with Gasteiger partial charge < -0.3 is 4.90 Å². The van der Waals surface area contributed by atoms with Gasteiger partial charge in [-0.3, -0.25) is 9.40 Å². The average Bonchev–Trinajstić information content (AvgIpc) is 2.78. The first kappa shape index (κ1) is 20.4. The molecule has 10 heteroatoms. The number of rotatable bonds is 7. The lowest BCUT2D eigenvalue weighted by Crippen LogP contribution is -2.19. The molecule has 0 aliphatic rings. The van der Waals surface area contributed by atoms with Gasteiger partial charge in [-0.25, -0.2) is 16.8 Å². The minimum absolute atomic E-state index is 0.0925. The van der Waals surface area contributed by atoms with Crippen LogP contribution in [0.3, 0.4) is 0 Å². The van der Waals surface area contributed by atoms with Crippen molar-refractivity contribution in [1.29, 1.82) is 0 Å². The zero-order valence-corrected chi connectivity index (χ0v) is 17.1. The maximum Gasteiger partial charge on any atom is 0.229 e. The number of aromatic nitrogens is 2. The normalized spacial score (nSPS) is 12.5. The number of sulfonamides is 1. The Bertz CT molecular complexity index is 992. The molecule has 0 aliphatic carbocycles. The van der Waals surface area contributed by atoms with Crippen LogP contribution in [0.25, 0.3) is 0 Å². The van der Waals surface area contributed by atoms with E-state index in [2.05, 4.69) is 9.82 Å². The number of hydrogen-bond donors (Lipinski definition) is 1. The minimum atomic E-state index is -3.75. The predicted molar refractivity (Wildman–Crippen MR) is 101 cm³/mol. The highest BCUT2D eigenvalue weighted by atomic mass is 32.2. The van der Waals surface area contributed by atoms with Gasteiger partial charge in [0.25, 0.3) is 0 Å². The standard InChI is InChI=1S/C16H24N4O4S2/c1-12-16(13(2)20(17-12)11-10-19(3)4)26(23,24)15-8-6-14(7-9-15)18-25(5,21)22/h6-9,18H,10-11H2,1-5H3. The number of sulfone groups is 1. The van der Waals surface area contributed by atoms with E-state index in [0.29, 0.717) is 23.6 Å². The van der Waals surface area contributed by atoms with Crippen molar-refractivity contribution in [1.82, 2.24) is 14.7 Å². The fourth-order valence-corrected chi connectivity index (χ4v) is 4.83. The summed E-state index contributed by atoms with van der Waals surface area (Å²) in [6.45, 7) is 4.74. The molecule has 1 N–H and O–H groups in total. The number of nitrogens with one attached hydrogen (secondary N) is 1. The summed E-state index contributed by atoms with van der Waals surface area (Å²) in [7, 11) is -3.29. The number of anilines is 1. The Balaban J connectivity index is 2.38. The zero-order valence-electron chi connectivity index (χ0n) is 15.5. The maximum atomic E-state index is 13.0. The summed E-state index contributed by atoms with van der Waals surface area (Å²) in [4.78, 5) is 2.29. The topological polar surface area (TPSA) is 101 Å². The van der Waals surface area contributed by atoms with Gasteiger partial charge in [-0.1, -0.05) is 0 Å². The highest BCUT2D eigenvalue weighted by Gasteiger charge is 2.26. The van der Waals surface area contributed by atoms with Crippen LogP contribution in [0.1, 0.15) is 11.4 Å². The van der Waals surface area contributed by atoms with E-state index in [1.54, 1.807) is 18.5 Å². The molecule has 26 heavy (non-hydrogen) atoms. The molecule has 0 fully saturated rings. The van der Waals surface area contributed by atoms with E-state index < -0.39 is 19.9 Å². The van der Waals surface area contributed by atoms with Crippen molar-refractivity contribution in [3.8, 4) is 0 Å². The van der Waals surface area contributed by atoms with Crippen LogP contribution >= 0.6 is 0 Å². The summed E-state index contributed by atoms with van der Waals surface area (Å²) < 4.78 is 52.6. The summed E-state index contributed by atoms with van der Waals surface area (Å²) in [5, 5.41) is 4.36. The number of likely N-dealkylation sites (N-methyl/N-ethyl adjacent to an activating group) is 1. The van der Waals surface area contributed by atoms with Crippen molar-refractivity contribution in [2.24, 2.45) is 0 Å². The Morgan fingerprint density at radius 3 is 2.15 bits per heavy atom. The second kappa shape index (κ2) is 7.37. The fraction of sp³-hybridized carbons (Fsp3) is 0.438. The lowest BCUT2D eigenvalue weighted by atomic mass is 10.3. The Morgan fingerprint density at radius 1 is 1.08 bits per heavy atom. The van der Waals surface area contributed by atoms with Crippen LogP contribution in [0.15, 0.2) is 34.1 Å². The first-order valence-corrected chi connectivity index (χ1v) is 11.3. The highest BCUT2D eigenvalue weighted by Crippen LogP contribution is 2.27. The van der Waals surface area contributed by atoms with Crippen molar-refractivity contribution < 1.29 is 16.8 Å². The summed E-state index contributed by atoms with van der Waals surface area (Å²) in [5.74, 6) is 0. The van der Waals surface area contributed by atoms with Gasteiger partial charge >= 0.3 is 0 Å². The van der Waals surface area contributed by atoms with E-state index in [1.165, 1.54) is 24.3 Å². The van der Waals surface area contributed by atoms with Crippen molar-refractivity contribution in [2.75, 3.05) is 31.6 Å². The first-order chi connectivity index (χ1) is 11.9. The van der Waals surface area contributed by atoms with E-state index >= 15 is 0 Å². The molecule has 0 spiro atoms. The second-order valence-electron chi connectivity index (χ2n) is 6.43. The van der Waals surface area contributed by atoms with Crippen molar-refractivity contribution in [3.63, 3.8) is 0 Å². The van der Waals surface area contributed by atoms with Crippen LogP contribution in [0.2, 0.25) is 0 Å². The van der Waals surface area contributed by atoms with Crippen LogP contribution in [-0.4, -0.2) is 58.4 Å². The number of aryl methyl sites for hydroxylation is 1. The molecule has 0 aliphatic heterocycles. The molecule has 1 heterocycles. The number of nitrogens with zero attached hydrogens (tertiary/aromatic N) is 3. The summed E-state index contributed by atoms with van der Waals surface area (Å²) in [5.41, 5.74) is 1.34. The molecule has 144 valence electrons. The second-order valence-corrected chi connectivity index (χ2v) is 10.1. The third-order valence-corrected chi connectivity index (χ3v) is 6.44. The molecular formula is C16H24N4O4S2. The van der Waals surface area contributed by atoms with Gasteiger partial charge in [-0.15, -0.1) is 0 Å². The molecule has 0 amide bonds. The third kappa shape index (κ3) is 4.63. The molecule has 1 aromatic heterocycles. The lowest BCUT2D eigenvalue weighted by molar-refractivity contribution is 0.370. The maximum absolute atomic E-state index is 13.0. The van der Waals surface area contributed by atoms with Gasteiger partial charge in [0.05, 0.1) is 29.1 Å². The van der Waals surface area contributed by atoms with Gasteiger partial charge in [0.2, 0.25) is 19.9 Å². The van der Waals surface area contributed by atoms with E-state index in [1.807, 2.05) is 19.0 Å². The van der Waals surface area contributed by atoms with Crippen molar-refractivity contribution in [3.05, 3.63) is 35.7 Å². The Hall–Kier alpha value is -1.91. The quantitative estimate of drug-likeness (QED) is 0.751. The van der Waals surface area contributed by atoms with E-state index in [9.17, 15) is 16.8 Å². The zero-order chi connectivity index (χ0) is 19.7. The van der Waals surface area contributed by atoms with Gasteiger partial charge in [-0.05, 0) is 52.2 Å². The molecule has 0 bridgehead atoms. The largest absolute Gasteiger partial charge is 0.308 e. The fourth-order valence-electron chi connectivity index (χ4n) is 2.62. The number of benzene rings is 1. The SMILES string of the molecule is Cc1nn(CCN(C)C)c(C)c1S(=O)(=O)c1ccc(NS(C)(=O)=O)cc1. The Kier molecular flexibility index (Phi) is 5.79. The lowest BCUT2D eigenvalue weighted by Gasteiger charge is -2.11. The third-order valence-electron chi connectivity index (χ3n) is 3.81. The molecule has 1 aromatic carbocycles. The number of hydrogen-bond acceptors (Lipinski definition) is 6.